The third-order valence-electron chi connectivity index (χ3n) is 15.6. The molecule has 10 heteroatoms. The Morgan fingerprint density at radius 3 is 2.44 bits per heavy atom. The number of fused-ring (bicyclic) bond motifs is 1. The van der Waals surface area contributed by atoms with Crippen LogP contribution >= 0.6 is 0 Å². The summed E-state index contributed by atoms with van der Waals surface area (Å²) in [5.41, 5.74) is 11.1. The standard InChI is InChI=1S/C56H77N3O7/c1-4-5-6-11-36-16-17-39(51(62)29-36)12-7-8-13-40-18-19-44(47-28-38(27-37-23-25-58-53(57)30-37)34-56(47,66)24-22-50(61)54(40)55(64)65)48-20-21-49(59-48)45-32-43(60)33-52(63)46(45)31-42-15-10-9-14-41(42)26-35(2)3/h9-10,14-17,20-21,23,25,30,32-33,35-36,38-40,44,47,50-51,54,59-63,66H,4-8,11-13,18-19,22,24,26-29,31,34H2,1-3H3,(H2,57,58)(H,64,65)/p-1. The van der Waals surface area contributed by atoms with Crippen molar-refractivity contribution in [3.8, 4) is 22.8 Å². The fourth-order valence-corrected chi connectivity index (χ4v) is 12.3. The van der Waals surface area contributed by atoms with Crippen molar-refractivity contribution in [1.82, 2.24) is 9.97 Å². The van der Waals surface area contributed by atoms with Gasteiger partial charge in [0.05, 0.1) is 23.7 Å². The second kappa shape index (κ2) is 22.4. The molecular formula is C56H76N3O7-. The van der Waals surface area contributed by atoms with E-state index in [0.29, 0.717) is 73.0 Å². The lowest BCUT2D eigenvalue weighted by Crippen LogP contribution is -2.42. The quantitative estimate of drug-likeness (QED) is 0.0375. The van der Waals surface area contributed by atoms with Gasteiger partial charge in [0.1, 0.15) is 11.6 Å². The maximum atomic E-state index is 13.8. The molecule has 66 heavy (non-hydrogen) atoms. The molecule has 0 amide bonds. The lowest BCUT2D eigenvalue weighted by atomic mass is 9.69. The van der Waals surface area contributed by atoms with E-state index in [1.54, 1.807) is 12.3 Å². The largest absolute Gasteiger partial charge is 0.872 e. The number of carbonyl (C=O) groups is 1. The lowest BCUT2D eigenvalue weighted by molar-refractivity contribution is -0.269. The first-order valence-electron chi connectivity index (χ1n) is 25.2. The van der Waals surface area contributed by atoms with Gasteiger partial charge in [-0.25, -0.2) is 4.98 Å². The number of anilines is 1. The molecule has 10 unspecified atom stereocenters. The number of nitrogens with one attached hydrogen (secondary N) is 1. The van der Waals surface area contributed by atoms with Crippen LogP contribution in [0.15, 0.2) is 79.0 Å². The van der Waals surface area contributed by atoms with E-state index >= 15 is 0 Å². The van der Waals surface area contributed by atoms with E-state index in [1.165, 1.54) is 30.9 Å². The van der Waals surface area contributed by atoms with Crippen molar-refractivity contribution < 1.29 is 35.4 Å². The number of phenols is 1. The molecular weight excluding hydrogens is 827 g/mol. The van der Waals surface area contributed by atoms with Gasteiger partial charge in [0, 0.05) is 35.0 Å². The number of benzene rings is 2. The van der Waals surface area contributed by atoms with Crippen LogP contribution in [0.1, 0.15) is 151 Å². The highest BCUT2D eigenvalue weighted by molar-refractivity contribution is 5.71. The first kappa shape index (κ1) is 49.3. The monoisotopic (exact) mass is 903 g/mol. The number of aromatic nitrogens is 2. The molecule has 0 aliphatic heterocycles. The van der Waals surface area contributed by atoms with Crippen LogP contribution in [0.4, 0.5) is 5.82 Å². The number of pyridine rings is 1. The van der Waals surface area contributed by atoms with Gasteiger partial charge >= 0.3 is 5.97 Å². The highest BCUT2D eigenvalue weighted by Crippen LogP contribution is 2.53. The summed E-state index contributed by atoms with van der Waals surface area (Å²) in [6, 6.07) is 19.0. The molecule has 8 N–H and O–H groups in total. The molecule has 0 saturated heterocycles. The summed E-state index contributed by atoms with van der Waals surface area (Å²) in [6.45, 7) is 6.57. The number of aliphatic hydroxyl groups excluding tert-OH is 2. The van der Waals surface area contributed by atoms with Gasteiger partial charge in [0.2, 0.25) is 0 Å². The lowest BCUT2D eigenvalue weighted by Gasteiger charge is -2.40. The van der Waals surface area contributed by atoms with Crippen LogP contribution in [0.2, 0.25) is 0 Å². The Bertz CT molecular complexity index is 2240. The number of nitrogens with two attached hydrogens (primary N) is 1. The number of nitrogens with zero attached hydrogens (tertiary/aromatic N) is 1. The van der Waals surface area contributed by atoms with Gasteiger partial charge in [0.25, 0.3) is 0 Å². The third kappa shape index (κ3) is 12.3. The van der Waals surface area contributed by atoms with Crippen molar-refractivity contribution in [1.29, 1.82) is 0 Å². The molecule has 0 bridgehead atoms. The molecule has 2 aromatic carbocycles. The number of hydrogen-bond acceptors (Lipinski definition) is 8. The molecule has 0 radical (unpaired) electrons. The Balaban J connectivity index is 1.17. The zero-order valence-corrected chi connectivity index (χ0v) is 39.6. The van der Waals surface area contributed by atoms with Crippen LogP contribution in [-0.4, -0.2) is 59.3 Å². The molecule has 2 aromatic heterocycles. The maximum Gasteiger partial charge on any atom is 0.309 e. The highest BCUT2D eigenvalue weighted by Gasteiger charge is 2.51. The fraction of sp³-hybridized carbons (Fsp3) is 0.571. The number of carboxylic acids is 1. The smallest absolute Gasteiger partial charge is 0.309 e. The van der Waals surface area contributed by atoms with E-state index in [1.807, 2.05) is 36.4 Å². The predicted molar refractivity (Wildman–Crippen MR) is 260 cm³/mol. The SMILES string of the molecule is CCCCCC1C=CC(CCCCC2CCC(c3ccc(-c4cc(O)cc([O-])c4Cc4ccccc4CC(C)C)[nH]3)C3CC(Cc4ccnc(N)c4)CC3(O)CCC(O)C2C(=O)O)C(O)C1. The molecule has 0 spiro atoms. The van der Waals surface area contributed by atoms with Crippen molar-refractivity contribution in [3.63, 3.8) is 0 Å². The normalized spacial score (nSPS) is 28.1. The van der Waals surface area contributed by atoms with E-state index in [4.69, 9.17) is 5.73 Å². The van der Waals surface area contributed by atoms with E-state index in [9.17, 15) is 35.4 Å². The number of aromatic hydroxyl groups is 1. The van der Waals surface area contributed by atoms with Crippen molar-refractivity contribution in [2.75, 3.05) is 5.73 Å². The second-order valence-corrected chi connectivity index (χ2v) is 21.0. The van der Waals surface area contributed by atoms with Gasteiger partial charge in [-0.1, -0.05) is 89.3 Å². The first-order valence-corrected chi connectivity index (χ1v) is 25.2. The zero-order valence-electron chi connectivity index (χ0n) is 39.6. The van der Waals surface area contributed by atoms with Gasteiger partial charge in [-0.05, 0) is 172 Å². The van der Waals surface area contributed by atoms with E-state index < -0.39 is 23.6 Å². The number of aromatic amines is 1. The molecule has 2 heterocycles. The van der Waals surface area contributed by atoms with Crippen LogP contribution in [0.25, 0.3) is 11.3 Å². The van der Waals surface area contributed by atoms with E-state index in [-0.39, 0.29) is 60.0 Å². The Morgan fingerprint density at radius 2 is 1.70 bits per heavy atom. The number of aliphatic carboxylic acids is 1. The minimum atomic E-state index is -1.17. The molecule has 3 aliphatic rings. The predicted octanol–water partition coefficient (Wildman–Crippen LogP) is 10.3. The molecule has 10 atom stereocenters. The number of allylic oxidation sites excluding steroid dienone is 1. The zero-order chi connectivity index (χ0) is 47.0. The van der Waals surface area contributed by atoms with Gasteiger partial charge in [-0.3, -0.25) is 4.79 Å². The number of phenolic OH excluding ortho intramolecular Hbond substituents is 1. The number of hydrogen-bond donors (Lipinski definition) is 7. The number of H-pyrrole nitrogens is 1. The molecule has 2 fully saturated rings. The summed E-state index contributed by atoms with van der Waals surface area (Å²) in [5, 5.41) is 71.0. The maximum absolute atomic E-state index is 13.8. The Hall–Kier alpha value is -4.64. The summed E-state index contributed by atoms with van der Waals surface area (Å²) >= 11 is 0. The molecule has 10 nitrogen and oxygen atoms in total. The van der Waals surface area contributed by atoms with Crippen molar-refractivity contribution in [2.24, 2.45) is 41.4 Å². The summed E-state index contributed by atoms with van der Waals surface area (Å²) in [7, 11) is 0. The molecule has 3 aliphatic carbocycles. The minimum Gasteiger partial charge on any atom is -0.872 e. The van der Waals surface area contributed by atoms with Crippen LogP contribution in [-0.2, 0) is 24.1 Å². The van der Waals surface area contributed by atoms with Gasteiger partial charge in [-0.2, -0.15) is 0 Å². The number of rotatable bonds is 18. The Kier molecular flexibility index (Phi) is 16.7. The average molecular weight is 903 g/mol. The topological polar surface area (TPSA) is 196 Å². The fourth-order valence-electron chi connectivity index (χ4n) is 12.3. The minimum absolute atomic E-state index is 0.0971. The molecule has 2 saturated carbocycles. The van der Waals surface area contributed by atoms with Crippen LogP contribution < -0.4 is 10.8 Å². The number of carboxylic acid groups (broad SMARTS) is 1. The van der Waals surface area contributed by atoms with Crippen LogP contribution in [0.5, 0.6) is 11.5 Å². The highest BCUT2D eigenvalue weighted by atomic mass is 16.4. The molecule has 4 aromatic rings. The van der Waals surface area contributed by atoms with Crippen molar-refractivity contribution >= 4 is 11.8 Å². The number of nitrogen functional groups attached to an aromatic ring is 1. The number of aliphatic hydroxyl groups is 3. The summed E-state index contributed by atoms with van der Waals surface area (Å²) < 4.78 is 0. The molecule has 7 rings (SSSR count). The summed E-state index contributed by atoms with van der Waals surface area (Å²) in [4.78, 5) is 21.0. The van der Waals surface area contributed by atoms with Gasteiger partial charge in [-0.15, -0.1) is 5.75 Å². The summed E-state index contributed by atoms with van der Waals surface area (Å²) in [5.74, 6) is -1.47. The number of unbranched alkanes of at least 4 members (excludes halogenated alkanes) is 3. The second-order valence-electron chi connectivity index (χ2n) is 21.0. The van der Waals surface area contributed by atoms with Gasteiger partial charge in [0.15, 0.2) is 0 Å². The van der Waals surface area contributed by atoms with E-state index in [0.717, 1.165) is 61.8 Å². The van der Waals surface area contributed by atoms with E-state index in [2.05, 4.69) is 55.0 Å². The Labute approximate surface area is 392 Å². The molecule has 358 valence electrons. The third-order valence-corrected chi connectivity index (χ3v) is 15.6. The summed E-state index contributed by atoms with van der Waals surface area (Å²) in [6.07, 6.45) is 18.2. The van der Waals surface area contributed by atoms with Crippen LogP contribution in [0.3, 0.4) is 0 Å². The van der Waals surface area contributed by atoms with Gasteiger partial charge < -0.3 is 41.4 Å². The van der Waals surface area contributed by atoms with Crippen molar-refractivity contribution in [3.05, 3.63) is 107 Å². The average Bonchev–Trinajstić information content (AvgIpc) is 3.88. The van der Waals surface area contributed by atoms with Crippen molar-refractivity contribution in [2.45, 2.75) is 160 Å². The Morgan fingerprint density at radius 1 is 0.924 bits per heavy atom. The first-order chi connectivity index (χ1) is 31.7. The van der Waals surface area contributed by atoms with Crippen LogP contribution in [0, 0.1) is 41.4 Å².